The molecule has 0 fully saturated rings. The van der Waals surface area contributed by atoms with Gasteiger partial charge in [0.05, 0.1) is 13.2 Å². The molecule has 0 bridgehead atoms. The number of carbonyl (C=O) groups excluding carboxylic acids is 2. The number of ether oxygens (including phenoxy) is 2. The van der Waals surface area contributed by atoms with Crippen LogP contribution >= 0.6 is 11.3 Å². The number of hydrogen-bond acceptors (Lipinski definition) is 5. The minimum absolute atomic E-state index is 0.0156. The molecule has 0 spiro atoms. The van der Waals surface area contributed by atoms with Gasteiger partial charge in [0.25, 0.3) is 0 Å². The van der Waals surface area contributed by atoms with Crippen LogP contribution in [0.25, 0.3) is 0 Å². The van der Waals surface area contributed by atoms with E-state index in [4.69, 9.17) is 9.47 Å². The molecular formula is C25H34N2O4S. The van der Waals surface area contributed by atoms with E-state index in [0.717, 1.165) is 24.2 Å². The first-order valence-corrected chi connectivity index (χ1v) is 12.2. The van der Waals surface area contributed by atoms with Crippen molar-refractivity contribution in [2.45, 2.75) is 52.6 Å². The number of carbonyl (C=O) groups is 2. The maximum absolute atomic E-state index is 13.5. The van der Waals surface area contributed by atoms with Crippen LogP contribution in [-0.2, 0) is 16.0 Å². The first kappa shape index (κ1) is 24.1. The van der Waals surface area contributed by atoms with Crippen molar-refractivity contribution in [1.82, 2.24) is 9.80 Å². The SMILES string of the molecule is CC[C@H](C)N(CC(=O)N1CCc2sccc2[C@@H]1COc1cccc(OC)c1)C(=O)C(C)C. The lowest BCUT2D eigenvalue weighted by Crippen LogP contribution is -2.50. The van der Waals surface area contributed by atoms with Gasteiger partial charge in [-0.25, -0.2) is 0 Å². The molecule has 2 aromatic rings. The molecule has 2 amide bonds. The van der Waals surface area contributed by atoms with Gasteiger partial charge < -0.3 is 19.3 Å². The number of rotatable bonds is 9. The van der Waals surface area contributed by atoms with Gasteiger partial charge in [-0.1, -0.05) is 26.8 Å². The summed E-state index contributed by atoms with van der Waals surface area (Å²) in [5.74, 6) is 1.27. The van der Waals surface area contributed by atoms with Gasteiger partial charge in [0, 0.05) is 29.4 Å². The molecule has 32 heavy (non-hydrogen) atoms. The van der Waals surface area contributed by atoms with Crippen LogP contribution in [0.1, 0.15) is 50.6 Å². The standard InChI is InChI=1S/C25H34N2O4S/c1-6-18(4)27(25(29)17(2)3)15-24(28)26-12-10-23-21(11-13-32-23)22(26)16-31-20-9-7-8-19(14-20)30-5/h7-9,11,13-14,17-18,22H,6,10,12,15-16H2,1-5H3/t18-,22-/m0/s1. The second kappa shape index (κ2) is 10.9. The monoisotopic (exact) mass is 458 g/mol. The first-order chi connectivity index (χ1) is 15.3. The number of fused-ring (bicyclic) bond motifs is 1. The lowest BCUT2D eigenvalue weighted by atomic mass is 10.00. The van der Waals surface area contributed by atoms with Crippen LogP contribution in [0.15, 0.2) is 35.7 Å². The molecule has 1 aromatic carbocycles. The van der Waals surface area contributed by atoms with E-state index in [1.165, 1.54) is 4.88 Å². The number of nitrogens with zero attached hydrogens (tertiary/aromatic N) is 2. The van der Waals surface area contributed by atoms with Crippen molar-refractivity contribution < 1.29 is 19.1 Å². The number of amides is 2. The molecule has 0 aliphatic carbocycles. The smallest absolute Gasteiger partial charge is 0.242 e. The molecule has 0 unspecified atom stereocenters. The summed E-state index contributed by atoms with van der Waals surface area (Å²) in [7, 11) is 1.62. The van der Waals surface area contributed by atoms with Gasteiger partial charge in [0.15, 0.2) is 0 Å². The highest BCUT2D eigenvalue weighted by atomic mass is 32.1. The van der Waals surface area contributed by atoms with E-state index in [1.807, 2.05) is 56.9 Å². The van der Waals surface area contributed by atoms with Crippen molar-refractivity contribution >= 4 is 23.2 Å². The molecule has 1 aliphatic rings. The molecule has 2 heterocycles. The summed E-state index contributed by atoms with van der Waals surface area (Å²) in [5, 5.41) is 2.07. The van der Waals surface area contributed by atoms with Gasteiger partial charge in [-0.05, 0) is 48.9 Å². The van der Waals surface area contributed by atoms with E-state index < -0.39 is 0 Å². The summed E-state index contributed by atoms with van der Waals surface area (Å²) >= 11 is 1.72. The minimum Gasteiger partial charge on any atom is -0.497 e. The summed E-state index contributed by atoms with van der Waals surface area (Å²) in [6.07, 6.45) is 1.64. The molecule has 7 heteroatoms. The third kappa shape index (κ3) is 5.44. The third-order valence-corrected chi connectivity index (χ3v) is 7.07. The minimum atomic E-state index is -0.184. The average Bonchev–Trinajstić information content (AvgIpc) is 3.29. The highest BCUT2D eigenvalue weighted by Gasteiger charge is 2.34. The van der Waals surface area contributed by atoms with Crippen LogP contribution in [0.2, 0.25) is 0 Å². The molecule has 2 atom stereocenters. The maximum Gasteiger partial charge on any atom is 0.242 e. The largest absolute Gasteiger partial charge is 0.497 e. The lowest BCUT2D eigenvalue weighted by Gasteiger charge is -2.38. The topological polar surface area (TPSA) is 59.1 Å². The van der Waals surface area contributed by atoms with Crippen molar-refractivity contribution in [1.29, 1.82) is 0 Å². The first-order valence-electron chi connectivity index (χ1n) is 11.3. The molecule has 1 aromatic heterocycles. The predicted molar refractivity (Wildman–Crippen MR) is 127 cm³/mol. The molecule has 0 saturated carbocycles. The van der Waals surface area contributed by atoms with Gasteiger partial charge in [0.1, 0.15) is 24.7 Å². The van der Waals surface area contributed by atoms with Gasteiger partial charge in [-0.2, -0.15) is 0 Å². The normalized spacial score (nSPS) is 16.4. The van der Waals surface area contributed by atoms with Crippen LogP contribution in [-0.4, -0.2) is 54.5 Å². The Hall–Kier alpha value is -2.54. The molecule has 1 aliphatic heterocycles. The molecule has 6 nitrogen and oxygen atoms in total. The molecular weight excluding hydrogens is 424 g/mol. The summed E-state index contributed by atoms with van der Waals surface area (Å²) in [4.78, 5) is 31.2. The summed E-state index contributed by atoms with van der Waals surface area (Å²) < 4.78 is 11.4. The van der Waals surface area contributed by atoms with Crippen LogP contribution in [0.5, 0.6) is 11.5 Å². The zero-order valence-corrected chi connectivity index (χ0v) is 20.5. The van der Waals surface area contributed by atoms with Crippen molar-refractivity contribution in [2.75, 3.05) is 26.8 Å². The Kier molecular flexibility index (Phi) is 8.18. The van der Waals surface area contributed by atoms with E-state index in [2.05, 4.69) is 11.4 Å². The number of benzene rings is 1. The molecule has 0 saturated heterocycles. The quantitative estimate of drug-likeness (QED) is 0.553. The highest BCUT2D eigenvalue weighted by Crippen LogP contribution is 2.34. The number of thiophene rings is 1. The van der Waals surface area contributed by atoms with E-state index in [9.17, 15) is 9.59 Å². The zero-order valence-electron chi connectivity index (χ0n) is 19.7. The fourth-order valence-electron chi connectivity index (χ4n) is 3.98. The van der Waals surface area contributed by atoms with Gasteiger partial charge in [-0.15, -0.1) is 11.3 Å². The summed E-state index contributed by atoms with van der Waals surface area (Å²) in [5.41, 5.74) is 1.14. The average molecular weight is 459 g/mol. The van der Waals surface area contributed by atoms with Crippen molar-refractivity contribution in [3.63, 3.8) is 0 Å². The number of hydrogen-bond donors (Lipinski definition) is 0. The van der Waals surface area contributed by atoms with Crippen LogP contribution in [0.3, 0.4) is 0 Å². The fourth-order valence-corrected chi connectivity index (χ4v) is 4.91. The fraction of sp³-hybridized carbons (Fsp3) is 0.520. The second-order valence-electron chi connectivity index (χ2n) is 8.52. The summed E-state index contributed by atoms with van der Waals surface area (Å²) in [6.45, 7) is 8.88. The van der Waals surface area contributed by atoms with E-state index in [1.54, 1.807) is 23.3 Å². The maximum atomic E-state index is 13.5. The van der Waals surface area contributed by atoms with Gasteiger partial charge in [0.2, 0.25) is 11.8 Å². The van der Waals surface area contributed by atoms with Crippen molar-refractivity contribution in [2.24, 2.45) is 5.92 Å². The van der Waals surface area contributed by atoms with E-state index in [0.29, 0.717) is 18.9 Å². The molecule has 174 valence electrons. The molecule has 0 radical (unpaired) electrons. The van der Waals surface area contributed by atoms with E-state index in [-0.39, 0.29) is 36.4 Å². The summed E-state index contributed by atoms with van der Waals surface area (Å²) in [6, 6.07) is 9.40. The Morgan fingerprint density at radius 1 is 1.22 bits per heavy atom. The lowest BCUT2D eigenvalue weighted by molar-refractivity contribution is -0.146. The number of methoxy groups -OCH3 is 1. The Morgan fingerprint density at radius 2 is 1.97 bits per heavy atom. The predicted octanol–water partition coefficient (Wildman–Crippen LogP) is 4.54. The Balaban J connectivity index is 1.79. The van der Waals surface area contributed by atoms with Crippen LogP contribution in [0.4, 0.5) is 0 Å². The van der Waals surface area contributed by atoms with E-state index >= 15 is 0 Å². The van der Waals surface area contributed by atoms with Crippen LogP contribution in [0, 0.1) is 5.92 Å². The third-order valence-electron chi connectivity index (χ3n) is 6.07. The zero-order chi connectivity index (χ0) is 23.3. The Bertz CT molecular complexity index is 926. The molecule has 0 N–H and O–H groups in total. The highest BCUT2D eigenvalue weighted by molar-refractivity contribution is 7.10. The Morgan fingerprint density at radius 3 is 2.66 bits per heavy atom. The van der Waals surface area contributed by atoms with Crippen molar-refractivity contribution in [3.8, 4) is 11.5 Å². The van der Waals surface area contributed by atoms with Crippen molar-refractivity contribution in [3.05, 3.63) is 46.2 Å². The van der Waals surface area contributed by atoms with Gasteiger partial charge in [-0.3, -0.25) is 9.59 Å². The van der Waals surface area contributed by atoms with Crippen LogP contribution < -0.4 is 9.47 Å². The molecule has 3 rings (SSSR count). The van der Waals surface area contributed by atoms with Gasteiger partial charge >= 0.3 is 0 Å². The Labute approximate surface area is 195 Å². The second-order valence-corrected chi connectivity index (χ2v) is 9.52.